The predicted octanol–water partition coefficient (Wildman–Crippen LogP) is 4.20. The Balaban J connectivity index is 1.59. The minimum absolute atomic E-state index is 0.117. The van der Waals surface area contributed by atoms with Gasteiger partial charge in [0.25, 0.3) is 5.91 Å². The Labute approximate surface area is 194 Å². The van der Waals surface area contributed by atoms with Crippen LogP contribution in [-0.4, -0.2) is 25.8 Å². The lowest BCUT2D eigenvalue weighted by Crippen LogP contribution is -2.40. The van der Waals surface area contributed by atoms with E-state index in [0.29, 0.717) is 16.9 Å². The first-order chi connectivity index (χ1) is 15.5. The van der Waals surface area contributed by atoms with Gasteiger partial charge in [0.15, 0.2) is 0 Å². The van der Waals surface area contributed by atoms with Crippen molar-refractivity contribution < 1.29 is 18.0 Å². The lowest BCUT2D eigenvalue weighted by molar-refractivity contribution is -0.115. The predicted molar refractivity (Wildman–Crippen MR) is 130 cm³/mol. The molecule has 0 aromatic heterocycles. The van der Waals surface area contributed by atoms with Crippen molar-refractivity contribution in [1.82, 2.24) is 4.72 Å². The number of hydrogen-bond donors (Lipinski definition) is 3. The van der Waals surface area contributed by atoms with Gasteiger partial charge in [-0.3, -0.25) is 9.59 Å². The lowest BCUT2D eigenvalue weighted by Gasteiger charge is -2.20. The third-order valence-electron chi connectivity index (χ3n) is 4.50. The van der Waals surface area contributed by atoms with Gasteiger partial charge in [0.05, 0.1) is 11.3 Å². The highest BCUT2D eigenvalue weighted by Gasteiger charge is 2.21. The number of anilines is 2. The van der Waals surface area contributed by atoms with Crippen LogP contribution in [0.2, 0.25) is 0 Å². The average Bonchev–Trinajstić information content (AvgIpc) is 2.73. The first kappa shape index (κ1) is 24.2. The Morgan fingerprint density at radius 2 is 1.30 bits per heavy atom. The Kier molecular flexibility index (Phi) is 7.30. The average molecular weight is 466 g/mol. The molecule has 33 heavy (non-hydrogen) atoms. The zero-order valence-corrected chi connectivity index (χ0v) is 19.6. The monoisotopic (exact) mass is 465 g/mol. The fraction of sp³-hybridized carbons (Fsp3) is 0.200. The highest BCUT2D eigenvalue weighted by Crippen LogP contribution is 2.18. The van der Waals surface area contributed by atoms with Gasteiger partial charge in [-0.05, 0) is 74.9 Å². The van der Waals surface area contributed by atoms with Crippen LogP contribution in [0.15, 0.2) is 83.8 Å². The van der Waals surface area contributed by atoms with E-state index >= 15 is 0 Å². The van der Waals surface area contributed by atoms with Crippen molar-refractivity contribution in [3.63, 3.8) is 0 Å². The number of rotatable bonds is 7. The normalized spacial score (nSPS) is 11.6. The van der Waals surface area contributed by atoms with Crippen molar-refractivity contribution in [1.29, 1.82) is 0 Å². The minimum atomic E-state index is -3.65. The van der Waals surface area contributed by atoms with E-state index in [1.54, 1.807) is 45.0 Å². The van der Waals surface area contributed by atoms with E-state index in [1.807, 2.05) is 30.3 Å². The summed E-state index contributed by atoms with van der Waals surface area (Å²) in [4.78, 5) is 24.8. The molecule has 0 aliphatic rings. The van der Waals surface area contributed by atoms with E-state index in [0.717, 1.165) is 5.56 Å². The second kappa shape index (κ2) is 9.97. The quantitative estimate of drug-likeness (QED) is 0.486. The number of hydrogen-bond acceptors (Lipinski definition) is 4. The zero-order chi connectivity index (χ0) is 24.1. The zero-order valence-electron chi connectivity index (χ0n) is 18.8. The number of carbonyl (C=O) groups is 2. The number of carbonyl (C=O) groups excluding carboxylic acids is 2. The van der Waals surface area contributed by atoms with Gasteiger partial charge in [-0.1, -0.05) is 30.3 Å². The molecule has 8 heteroatoms. The van der Waals surface area contributed by atoms with Crippen molar-refractivity contribution in [3.8, 4) is 0 Å². The summed E-state index contributed by atoms with van der Waals surface area (Å²) in [6, 6.07) is 21.9. The van der Waals surface area contributed by atoms with Gasteiger partial charge in [-0.15, -0.1) is 0 Å². The molecule has 0 atom stereocenters. The Morgan fingerprint density at radius 1 is 0.758 bits per heavy atom. The lowest BCUT2D eigenvalue weighted by atomic mass is 10.1. The van der Waals surface area contributed by atoms with Crippen LogP contribution in [-0.2, 0) is 21.2 Å². The molecule has 0 aliphatic heterocycles. The van der Waals surface area contributed by atoms with Crippen LogP contribution in [0.25, 0.3) is 0 Å². The van der Waals surface area contributed by atoms with Gasteiger partial charge < -0.3 is 10.6 Å². The largest absolute Gasteiger partial charge is 0.326 e. The van der Waals surface area contributed by atoms with Crippen LogP contribution >= 0.6 is 0 Å². The highest BCUT2D eigenvalue weighted by atomic mass is 32.2. The van der Waals surface area contributed by atoms with E-state index in [-0.39, 0.29) is 23.1 Å². The summed E-state index contributed by atoms with van der Waals surface area (Å²) in [5.41, 5.74) is 1.78. The molecule has 172 valence electrons. The summed E-state index contributed by atoms with van der Waals surface area (Å²) in [6.07, 6.45) is 0.264. The van der Waals surface area contributed by atoms with Crippen molar-refractivity contribution in [3.05, 3.63) is 90.0 Å². The van der Waals surface area contributed by atoms with Crippen LogP contribution < -0.4 is 15.4 Å². The molecule has 0 unspecified atom stereocenters. The van der Waals surface area contributed by atoms with Crippen molar-refractivity contribution in [2.75, 3.05) is 10.6 Å². The summed E-state index contributed by atoms with van der Waals surface area (Å²) in [5.74, 6) is -0.491. The van der Waals surface area contributed by atoms with Gasteiger partial charge in [0.1, 0.15) is 0 Å². The number of sulfonamides is 1. The minimum Gasteiger partial charge on any atom is -0.326 e. The Morgan fingerprint density at radius 3 is 1.88 bits per heavy atom. The maximum atomic E-state index is 12.5. The molecule has 0 heterocycles. The van der Waals surface area contributed by atoms with Gasteiger partial charge in [0, 0.05) is 22.5 Å². The van der Waals surface area contributed by atoms with Gasteiger partial charge in [-0.25, -0.2) is 13.1 Å². The Bertz CT molecular complexity index is 1220. The first-order valence-corrected chi connectivity index (χ1v) is 11.9. The first-order valence-electron chi connectivity index (χ1n) is 10.4. The summed E-state index contributed by atoms with van der Waals surface area (Å²) in [7, 11) is -3.65. The Hall–Kier alpha value is -3.49. The highest BCUT2D eigenvalue weighted by molar-refractivity contribution is 7.89. The standard InChI is InChI=1S/C25H27N3O4S/c1-25(2,3)28-33(31,32)22-15-13-21(14-16-22)27-24(30)19-9-11-20(12-10-19)26-23(29)17-18-7-5-4-6-8-18/h4-16,28H,17H2,1-3H3,(H,26,29)(H,27,30). The van der Waals surface area contributed by atoms with Crippen LogP contribution in [0.1, 0.15) is 36.7 Å². The van der Waals surface area contributed by atoms with E-state index in [1.165, 1.54) is 24.3 Å². The maximum Gasteiger partial charge on any atom is 0.255 e. The van der Waals surface area contributed by atoms with Crippen molar-refractivity contribution in [2.24, 2.45) is 0 Å². The molecule has 3 aromatic carbocycles. The smallest absolute Gasteiger partial charge is 0.255 e. The number of benzene rings is 3. The molecule has 2 amide bonds. The number of amides is 2. The van der Waals surface area contributed by atoms with E-state index in [9.17, 15) is 18.0 Å². The molecule has 0 bridgehead atoms. The van der Waals surface area contributed by atoms with Crippen molar-refractivity contribution in [2.45, 2.75) is 37.6 Å². The molecular formula is C25H27N3O4S. The van der Waals surface area contributed by atoms with Crippen LogP contribution in [0.4, 0.5) is 11.4 Å². The van der Waals surface area contributed by atoms with Gasteiger partial charge >= 0.3 is 0 Å². The summed E-state index contributed by atoms with van der Waals surface area (Å²) in [5, 5.41) is 5.55. The van der Waals surface area contributed by atoms with Gasteiger partial charge in [-0.2, -0.15) is 0 Å². The van der Waals surface area contributed by atoms with Gasteiger partial charge in [0.2, 0.25) is 15.9 Å². The third-order valence-corrected chi connectivity index (χ3v) is 6.28. The molecule has 0 aliphatic carbocycles. The van der Waals surface area contributed by atoms with Crippen LogP contribution in [0.5, 0.6) is 0 Å². The molecule has 3 N–H and O–H groups in total. The summed E-state index contributed by atoms with van der Waals surface area (Å²) in [6.45, 7) is 5.29. The number of nitrogens with one attached hydrogen (secondary N) is 3. The molecule has 3 rings (SSSR count). The molecule has 3 aromatic rings. The molecular weight excluding hydrogens is 438 g/mol. The fourth-order valence-corrected chi connectivity index (χ4v) is 4.49. The SMILES string of the molecule is CC(C)(C)NS(=O)(=O)c1ccc(NC(=O)c2ccc(NC(=O)Cc3ccccc3)cc2)cc1. The molecule has 0 saturated heterocycles. The topological polar surface area (TPSA) is 104 Å². The summed E-state index contributed by atoms with van der Waals surface area (Å²) >= 11 is 0. The van der Waals surface area contributed by atoms with Crippen LogP contribution in [0, 0.1) is 0 Å². The molecule has 0 radical (unpaired) electrons. The molecule has 0 saturated carbocycles. The van der Waals surface area contributed by atoms with E-state index < -0.39 is 15.6 Å². The van der Waals surface area contributed by atoms with Crippen molar-refractivity contribution >= 4 is 33.2 Å². The fourth-order valence-electron chi connectivity index (χ4n) is 3.07. The second-order valence-electron chi connectivity index (χ2n) is 8.62. The van der Waals surface area contributed by atoms with E-state index in [2.05, 4.69) is 15.4 Å². The molecule has 0 spiro atoms. The second-order valence-corrected chi connectivity index (χ2v) is 10.3. The molecule has 7 nitrogen and oxygen atoms in total. The van der Waals surface area contributed by atoms with Crippen LogP contribution in [0.3, 0.4) is 0 Å². The summed E-state index contributed by atoms with van der Waals surface area (Å²) < 4.78 is 27.4. The van der Waals surface area contributed by atoms with E-state index in [4.69, 9.17) is 0 Å². The third kappa shape index (κ3) is 7.27. The maximum absolute atomic E-state index is 12.5. The molecule has 0 fully saturated rings.